The van der Waals surface area contributed by atoms with E-state index in [2.05, 4.69) is 10.2 Å². The number of benzene rings is 3. The van der Waals surface area contributed by atoms with Crippen molar-refractivity contribution in [1.82, 2.24) is 15.0 Å². The minimum atomic E-state index is -0.577. The van der Waals surface area contributed by atoms with E-state index in [9.17, 15) is 9.18 Å². The van der Waals surface area contributed by atoms with Gasteiger partial charge in [0, 0.05) is 0 Å². The van der Waals surface area contributed by atoms with Crippen LogP contribution >= 0.6 is 0 Å². The average Bonchev–Trinajstić information content (AvgIpc) is 3.07. The second-order valence-corrected chi connectivity index (χ2v) is 5.85. The highest BCUT2D eigenvalue weighted by Crippen LogP contribution is 2.25. The van der Waals surface area contributed by atoms with Crippen molar-refractivity contribution >= 4 is 17.0 Å². The number of hydrogen-bond acceptors (Lipinski definition) is 4. The molecule has 0 radical (unpaired) electrons. The number of ether oxygens (including phenoxy) is 1. The Morgan fingerprint density at radius 3 is 2.27 bits per heavy atom. The molecule has 0 unspecified atom stereocenters. The number of rotatable bonds is 3. The third-order valence-electron chi connectivity index (χ3n) is 3.90. The lowest BCUT2D eigenvalue weighted by Gasteiger charge is -2.10. The molecule has 0 saturated carbocycles. The maximum absolute atomic E-state index is 13.0. The Labute approximate surface area is 148 Å². The van der Waals surface area contributed by atoms with Crippen LogP contribution in [0, 0.1) is 12.7 Å². The first kappa shape index (κ1) is 16.0. The van der Waals surface area contributed by atoms with Crippen molar-refractivity contribution in [2.45, 2.75) is 6.92 Å². The monoisotopic (exact) mass is 347 g/mol. The van der Waals surface area contributed by atoms with E-state index in [0.717, 1.165) is 16.6 Å². The highest BCUT2D eigenvalue weighted by atomic mass is 19.1. The number of fused-ring (bicyclic) bond motifs is 1. The van der Waals surface area contributed by atoms with Gasteiger partial charge in [0.05, 0.1) is 5.56 Å². The van der Waals surface area contributed by atoms with Crippen LogP contribution in [-0.2, 0) is 0 Å². The predicted molar refractivity (Wildman–Crippen MR) is 95.0 cm³/mol. The number of hydrogen-bond donors (Lipinski definition) is 0. The Bertz CT molecular complexity index is 1070. The summed E-state index contributed by atoms with van der Waals surface area (Å²) in [4.78, 5) is 13.8. The number of carbonyl (C=O) groups is 1. The molecule has 0 saturated heterocycles. The van der Waals surface area contributed by atoms with Crippen molar-refractivity contribution in [1.29, 1.82) is 0 Å². The second-order valence-electron chi connectivity index (χ2n) is 5.85. The lowest BCUT2D eigenvalue weighted by molar-refractivity contribution is 0.0734. The maximum atomic E-state index is 13.0. The fourth-order valence-corrected chi connectivity index (χ4v) is 2.58. The van der Waals surface area contributed by atoms with Crippen LogP contribution in [0.2, 0.25) is 0 Å². The summed E-state index contributed by atoms with van der Waals surface area (Å²) in [5, 5.41) is 8.88. The largest absolute Gasteiger partial charge is 0.421 e. The topological polar surface area (TPSA) is 57.0 Å². The van der Waals surface area contributed by atoms with Gasteiger partial charge < -0.3 is 4.74 Å². The molecule has 128 valence electrons. The van der Waals surface area contributed by atoms with E-state index >= 15 is 0 Å². The van der Waals surface area contributed by atoms with Crippen LogP contribution in [0.3, 0.4) is 0 Å². The summed E-state index contributed by atoms with van der Waals surface area (Å²) in [6, 6.07) is 18.0. The average molecular weight is 347 g/mol. The Morgan fingerprint density at radius 2 is 1.62 bits per heavy atom. The number of aromatic nitrogens is 3. The molecule has 0 N–H and O–H groups in total. The summed E-state index contributed by atoms with van der Waals surface area (Å²) in [5.74, 6) is -0.665. The summed E-state index contributed by atoms with van der Waals surface area (Å²) in [5.41, 5.74) is 3.27. The molecule has 0 fully saturated rings. The van der Waals surface area contributed by atoms with Crippen molar-refractivity contribution in [3.05, 3.63) is 83.7 Å². The molecule has 4 rings (SSSR count). The summed E-state index contributed by atoms with van der Waals surface area (Å²) in [6.45, 7) is 1.93. The minimum Gasteiger partial charge on any atom is -0.421 e. The van der Waals surface area contributed by atoms with Crippen LogP contribution in [-0.4, -0.2) is 21.0 Å². The van der Waals surface area contributed by atoms with Gasteiger partial charge in [-0.1, -0.05) is 18.2 Å². The zero-order valence-electron chi connectivity index (χ0n) is 13.9. The van der Waals surface area contributed by atoms with Crippen LogP contribution < -0.4 is 4.74 Å². The molecule has 0 aliphatic rings. The third-order valence-corrected chi connectivity index (χ3v) is 3.90. The van der Waals surface area contributed by atoms with Gasteiger partial charge in [-0.3, -0.25) is 0 Å². The van der Waals surface area contributed by atoms with Crippen LogP contribution in [0.4, 0.5) is 4.39 Å². The van der Waals surface area contributed by atoms with E-state index in [-0.39, 0.29) is 5.56 Å². The molecular formula is C20H14FN3O2. The number of nitrogens with zero attached hydrogens (tertiary/aromatic N) is 3. The number of halogens is 1. The highest BCUT2D eigenvalue weighted by molar-refractivity contribution is 5.91. The standard InChI is InChI=1S/C20H14FN3O2/c1-13-6-11-19(26-20(25)14-7-9-15(21)10-8-14)18(12-13)24-22-16-4-2-3-5-17(16)23-24/h2-12H,1H3. The molecule has 0 bridgehead atoms. The lowest BCUT2D eigenvalue weighted by Crippen LogP contribution is -2.11. The first-order chi connectivity index (χ1) is 12.6. The van der Waals surface area contributed by atoms with E-state index in [0.29, 0.717) is 11.4 Å². The SMILES string of the molecule is Cc1ccc(OC(=O)c2ccc(F)cc2)c(-n2nc3ccccc3n2)c1. The third kappa shape index (κ3) is 3.04. The quantitative estimate of drug-likeness (QED) is 0.414. The summed E-state index contributed by atoms with van der Waals surface area (Å²) in [6.07, 6.45) is 0. The molecule has 0 aliphatic carbocycles. The number of aryl methyl sites for hydroxylation is 1. The van der Waals surface area contributed by atoms with Crippen LogP contribution in [0.5, 0.6) is 5.75 Å². The van der Waals surface area contributed by atoms with Crippen molar-refractivity contribution in [2.75, 3.05) is 0 Å². The zero-order chi connectivity index (χ0) is 18.1. The first-order valence-electron chi connectivity index (χ1n) is 8.01. The van der Waals surface area contributed by atoms with Gasteiger partial charge in [-0.25, -0.2) is 9.18 Å². The fourth-order valence-electron chi connectivity index (χ4n) is 2.58. The molecule has 0 amide bonds. The lowest BCUT2D eigenvalue weighted by atomic mass is 10.2. The van der Waals surface area contributed by atoms with Gasteiger partial charge in [-0.05, 0) is 61.0 Å². The summed E-state index contributed by atoms with van der Waals surface area (Å²) in [7, 11) is 0. The van der Waals surface area contributed by atoms with E-state index in [1.807, 2.05) is 43.3 Å². The van der Waals surface area contributed by atoms with Gasteiger partial charge in [0.15, 0.2) is 5.75 Å². The molecular weight excluding hydrogens is 333 g/mol. The first-order valence-corrected chi connectivity index (χ1v) is 8.01. The van der Waals surface area contributed by atoms with Crippen molar-refractivity contribution in [2.24, 2.45) is 0 Å². The molecule has 1 aromatic heterocycles. The second kappa shape index (κ2) is 6.40. The Balaban J connectivity index is 1.72. The van der Waals surface area contributed by atoms with Crippen molar-refractivity contribution < 1.29 is 13.9 Å². The van der Waals surface area contributed by atoms with E-state index < -0.39 is 11.8 Å². The maximum Gasteiger partial charge on any atom is 0.343 e. The van der Waals surface area contributed by atoms with E-state index in [1.54, 1.807) is 6.07 Å². The van der Waals surface area contributed by atoms with Gasteiger partial charge in [0.2, 0.25) is 0 Å². The van der Waals surface area contributed by atoms with Crippen molar-refractivity contribution in [3.8, 4) is 11.4 Å². The Morgan fingerprint density at radius 1 is 0.962 bits per heavy atom. The van der Waals surface area contributed by atoms with Gasteiger partial charge in [0.25, 0.3) is 0 Å². The van der Waals surface area contributed by atoms with E-state index in [4.69, 9.17) is 4.74 Å². The molecule has 4 aromatic rings. The highest BCUT2D eigenvalue weighted by Gasteiger charge is 2.15. The Hall–Kier alpha value is -3.54. The molecule has 0 spiro atoms. The molecule has 26 heavy (non-hydrogen) atoms. The number of esters is 1. The van der Waals surface area contributed by atoms with Gasteiger partial charge >= 0.3 is 5.97 Å². The fraction of sp³-hybridized carbons (Fsp3) is 0.0500. The Kier molecular flexibility index (Phi) is 3.93. The zero-order valence-corrected chi connectivity index (χ0v) is 13.9. The summed E-state index contributed by atoms with van der Waals surface area (Å²) < 4.78 is 18.6. The molecule has 6 heteroatoms. The van der Waals surface area contributed by atoms with Crippen molar-refractivity contribution in [3.63, 3.8) is 0 Å². The van der Waals surface area contributed by atoms with E-state index in [1.165, 1.54) is 29.1 Å². The van der Waals surface area contributed by atoms with Gasteiger partial charge in [-0.15, -0.1) is 15.0 Å². The molecule has 0 aliphatic heterocycles. The molecule has 3 aromatic carbocycles. The smallest absolute Gasteiger partial charge is 0.343 e. The van der Waals surface area contributed by atoms with Crippen LogP contribution in [0.1, 0.15) is 15.9 Å². The molecule has 1 heterocycles. The molecule has 5 nitrogen and oxygen atoms in total. The number of carbonyl (C=O) groups excluding carboxylic acids is 1. The minimum absolute atomic E-state index is 0.261. The van der Waals surface area contributed by atoms with Gasteiger partial charge in [-0.2, -0.15) is 0 Å². The normalized spacial score (nSPS) is 10.8. The predicted octanol–water partition coefficient (Wildman–Crippen LogP) is 4.09. The van der Waals surface area contributed by atoms with Crippen LogP contribution in [0.15, 0.2) is 66.7 Å². The van der Waals surface area contributed by atoms with Gasteiger partial charge in [0.1, 0.15) is 22.5 Å². The summed E-state index contributed by atoms with van der Waals surface area (Å²) >= 11 is 0. The molecule has 0 atom stereocenters. The van der Waals surface area contributed by atoms with Crippen LogP contribution in [0.25, 0.3) is 16.7 Å².